The average molecular weight is 358 g/mol. The van der Waals surface area contributed by atoms with Gasteiger partial charge in [-0.05, 0) is 60.5 Å². The van der Waals surface area contributed by atoms with Crippen molar-refractivity contribution in [3.63, 3.8) is 0 Å². The highest BCUT2D eigenvalue weighted by Crippen LogP contribution is 2.22. The number of aryl methyl sites for hydroxylation is 2. The van der Waals surface area contributed by atoms with Crippen molar-refractivity contribution in [1.29, 1.82) is 0 Å². The third-order valence-electron chi connectivity index (χ3n) is 2.93. The number of aromatic nitrogens is 2. The molecule has 4 nitrogen and oxygen atoms in total. The SMILES string of the molecule is Cc1cc(Cl)ccc1OCC(=O)n1nc(C)c(Br)c1C. The molecule has 2 aromatic rings. The van der Waals surface area contributed by atoms with Crippen molar-refractivity contribution in [3.8, 4) is 5.75 Å². The number of benzene rings is 1. The van der Waals surface area contributed by atoms with Gasteiger partial charge in [0.1, 0.15) is 5.75 Å². The van der Waals surface area contributed by atoms with Crippen LogP contribution in [0.25, 0.3) is 0 Å². The van der Waals surface area contributed by atoms with Crippen molar-refractivity contribution in [1.82, 2.24) is 9.78 Å². The van der Waals surface area contributed by atoms with Crippen LogP contribution >= 0.6 is 27.5 Å². The van der Waals surface area contributed by atoms with Crippen LogP contribution in [0.3, 0.4) is 0 Å². The molecule has 2 rings (SSSR count). The molecule has 0 amide bonds. The fraction of sp³-hybridized carbons (Fsp3) is 0.286. The molecule has 20 heavy (non-hydrogen) atoms. The second-order valence-electron chi connectivity index (χ2n) is 4.49. The lowest BCUT2D eigenvalue weighted by molar-refractivity contribution is 0.0817. The van der Waals surface area contributed by atoms with Crippen molar-refractivity contribution in [2.75, 3.05) is 6.61 Å². The summed E-state index contributed by atoms with van der Waals surface area (Å²) in [7, 11) is 0. The molecule has 0 atom stereocenters. The van der Waals surface area contributed by atoms with E-state index in [2.05, 4.69) is 21.0 Å². The first-order valence-electron chi connectivity index (χ1n) is 6.04. The molecular formula is C14H14BrClN2O2. The van der Waals surface area contributed by atoms with Crippen LogP contribution in [0.2, 0.25) is 5.02 Å². The Morgan fingerprint density at radius 2 is 2.10 bits per heavy atom. The largest absolute Gasteiger partial charge is 0.483 e. The van der Waals surface area contributed by atoms with Crippen LogP contribution in [-0.4, -0.2) is 22.3 Å². The van der Waals surface area contributed by atoms with Gasteiger partial charge in [-0.3, -0.25) is 4.79 Å². The molecule has 6 heteroatoms. The fourth-order valence-electron chi connectivity index (χ4n) is 1.84. The van der Waals surface area contributed by atoms with Crippen LogP contribution in [-0.2, 0) is 0 Å². The van der Waals surface area contributed by atoms with E-state index in [0.717, 1.165) is 21.4 Å². The lowest BCUT2D eigenvalue weighted by Gasteiger charge is -2.09. The smallest absolute Gasteiger partial charge is 0.285 e. The standard InChI is InChI=1S/C14H14BrClN2O2/c1-8-6-11(16)4-5-12(8)20-7-13(19)18-10(3)14(15)9(2)17-18/h4-6H,7H2,1-3H3. The molecule has 0 saturated carbocycles. The number of nitrogens with zero attached hydrogens (tertiary/aromatic N) is 2. The normalized spacial score (nSPS) is 10.7. The number of carbonyl (C=O) groups excluding carboxylic acids is 1. The molecule has 0 aliphatic carbocycles. The van der Waals surface area contributed by atoms with Crippen LogP contribution in [0.15, 0.2) is 22.7 Å². The molecule has 1 heterocycles. The molecule has 1 aromatic carbocycles. The molecule has 0 aliphatic heterocycles. The number of rotatable bonds is 3. The van der Waals surface area contributed by atoms with Gasteiger partial charge in [-0.2, -0.15) is 5.10 Å². The first-order chi connectivity index (χ1) is 9.40. The second kappa shape index (κ2) is 5.97. The minimum atomic E-state index is -0.217. The number of ether oxygens (including phenoxy) is 1. The summed E-state index contributed by atoms with van der Waals surface area (Å²) < 4.78 is 7.72. The van der Waals surface area contributed by atoms with Crippen molar-refractivity contribution >= 4 is 33.4 Å². The van der Waals surface area contributed by atoms with Crippen LogP contribution < -0.4 is 4.74 Å². The van der Waals surface area contributed by atoms with Crippen LogP contribution in [0, 0.1) is 20.8 Å². The predicted molar refractivity (Wildman–Crippen MR) is 81.7 cm³/mol. The number of carbonyl (C=O) groups is 1. The van der Waals surface area contributed by atoms with Gasteiger partial charge in [0.25, 0.3) is 5.91 Å². The number of hydrogen-bond acceptors (Lipinski definition) is 3. The third kappa shape index (κ3) is 3.04. The maximum Gasteiger partial charge on any atom is 0.285 e. The van der Waals surface area contributed by atoms with E-state index in [9.17, 15) is 4.79 Å². The van der Waals surface area contributed by atoms with Gasteiger partial charge in [-0.1, -0.05) is 11.6 Å². The van der Waals surface area contributed by atoms with E-state index in [1.165, 1.54) is 4.68 Å². The fourth-order valence-corrected chi connectivity index (χ4v) is 2.32. The molecule has 0 unspecified atom stereocenters. The van der Waals surface area contributed by atoms with E-state index in [1.807, 2.05) is 20.8 Å². The molecule has 0 N–H and O–H groups in total. The highest BCUT2D eigenvalue weighted by Gasteiger charge is 2.15. The quantitative estimate of drug-likeness (QED) is 0.835. The molecule has 0 aliphatic rings. The Hall–Kier alpha value is -1.33. The van der Waals surface area contributed by atoms with E-state index in [1.54, 1.807) is 18.2 Å². The van der Waals surface area contributed by atoms with Gasteiger partial charge < -0.3 is 4.74 Å². The molecule has 1 aromatic heterocycles. The van der Waals surface area contributed by atoms with Crippen molar-refractivity contribution in [2.45, 2.75) is 20.8 Å². The topological polar surface area (TPSA) is 44.1 Å². The maximum absolute atomic E-state index is 12.1. The highest BCUT2D eigenvalue weighted by molar-refractivity contribution is 9.10. The Morgan fingerprint density at radius 1 is 1.40 bits per heavy atom. The Bertz CT molecular complexity index is 667. The van der Waals surface area contributed by atoms with Gasteiger partial charge in [0, 0.05) is 5.02 Å². The molecule has 0 radical (unpaired) electrons. The maximum atomic E-state index is 12.1. The summed E-state index contributed by atoms with van der Waals surface area (Å²) in [4.78, 5) is 12.1. The Labute approximate surface area is 130 Å². The first-order valence-corrected chi connectivity index (χ1v) is 7.21. The summed E-state index contributed by atoms with van der Waals surface area (Å²) in [6.07, 6.45) is 0. The summed E-state index contributed by atoms with van der Waals surface area (Å²) in [6, 6.07) is 5.28. The van der Waals surface area contributed by atoms with Gasteiger partial charge in [0.15, 0.2) is 6.61 Å². The summed E-state index contributed by atoms with van der Waals surface area (Å²) in [6.45, 7) is 5.48. The molecule has 0 spiro atoms. The van der Waals surface area contributed by atoms with E-state index < -0.39 is 0 Å². The third-order valence-corrected chi connectivity index (χ3v) is 4.31. The Balaban J connectivity index is 2.10. The predicted octanol–water partition coefficient (Wildman–Crippen LogP) is 3.94. The zero-order chi connectivity index (χ0) is 14.9. The average Bonchev–Trinajstić information content (AvgIpc) is 2.65. The van der Waals surface area contributed by atoms with E-state index in [-0.39, 0.29) is 12.5 Å². The van der Waals surface area contributed by atoms with Crippen molar-refractivity contribution in [3.05, 3.63) is 44.6 Å². The highest BCUT2D eigenvalue weighted by atomic mass is 79.9. The van der Waals surface area contributed by atoms with Gasteiger partial charge in [-0.15, -0.1) is 0 Å². The van der Waals surface area contributed by atoms with Crippen LogP contribution in [0.5, 0.6) is 5.75 Å². The Kier molecular flexibility index (Phi) is 4.50. The molecule has 0 fully saturated rings. The summed E-state index contributed by atoms with van der Waals surface area (Å²) in [5.41, 5.74) is 2.43. The summed E-state index contributed by atoms with van der Waals surface area (Å²) in [5.74, 6) is 0.425. The van der Waals surface area contributed by atoms with Crippen molar-refractivity contribution < 1.29 is 9.53 Å². The van der Waals surface area contributed by atoms with E-state index in [4.69, 9.17) is 16.3 Å². The molecule has 106 valence electrons. The van der Waals surface area contributed by atoms with Crippen LogP contribution in [0.1, 0.15) is 21.7 Å². The van der Waals surface area contributed by atoms with E-state index in [0.29, 0.717) is 10.8 Å². The number of halogens is 2. The lowest BCUT2D eigenvalue weighted by Crippen LogP contribution is -2.21. The van der Waals surface area contributed by atoms with Gasteiger partial charge >= 0.3 is 0 Å². The number of hydrogen-bond donors (Lipinski definition) is 0. The van der Waals surface area contributed by atoms with E-state index >= 15 is 0 Å². The van der Waals surface area contributed by atoms with Gasteiger partial charge in [-0.25, -0.2) is 4.68 Å². The van der Waals surface area contributed by atoms with Crippen molar-refractivity contribution in [2.24, 2.45) is 0 Å². The molecule has 0 bridgehead atoms. The second-order valence-corrected chi connectivity index (χ2v) is 5.72. The zero-order valence-electron chi connectivity index (χ0n) is 11.4. The lowest BCUT2D eigenvalue weighted by atomic mass is 10.2. The first kappa shape index (κ1) is 15.1. The summed E-state index contributed by atoms with van der Waals surface area (Å²) >= 11 is 9.27. The molecule has 0 saturated heterocycles. The minimum absolute atomic E-state index is 0.0725. The van der Waals surface area contributed by atoms with Gasteiger partial charge in [0.05, 0.1) is 15.9 Å². The minimum Gasteiger partial charge on any atom is -0.483 e. The van der Waals surface area contributed by atoms with Gasteiger partial charge in [0.2, 0.25) is 0 Å². The Morgan fingerprint density at radius 3 is 2.65 bits per heavy atom. The monoisotopic (exact) mass is 356 g/mol. The zero-order valence-corrected chi connectivity index (χ0v) is 13.7. The summed E-state index contributed by atoms with van der Waals surface area (Å²) in [5, 5.41) is 4.82. The molecular weight excluding hydrogens is 344 g/mol. The van der Waals surface area contributed by atoms with Crippen LogP contribution in [0.4, 0.5) is 0 Å².